The van der Waals surface area contributed by atoms with Crippen LogP contribution in [0.25, 0.3) is 0 Å². The second-order valence-corrected chi connectivity index (χ2v) is 7.31. The highest BCUT2D eigenvalue weighted by atomic mass is 32.2. The summed E-state index contributed by atoms with van der Waals surface area (Å²) in [4.78, 5) is 0. The van der Waals surface area contributed by atoms with E-state index in [1.165, 1.54) is 6.26 Å². The van der Waals surface area contributed by atoms with Crippen LogP contribution < -0.4 is 5.32 Å². The Morgan fingerprint density at radius 1 is 1.41 bits per heavy atom. The van der Waals surface area contributed by atoms with Gasteiger partial charge in [0.1, 0.15) is 0 Å². The number of sulfonamides is 1. The first-order valence-electron chi connectivity index (χ1n) is 6.13. The lowest BCUT2D eigenvalue weighted by atomic mass is 9.77. The molecule has 5 nitrogen and oxygen atoms in total. The van der Waals surface area contributed by atoms with Crippen LogP contribution in [-0.2, 0) is 14.8 Å². The molecule has 2 aliphatic rings. The number of hydrogen-bond donors (Lipinski definition) is 1. The Morgan fingerprint density at radius 2 is 2.06 bits per heavy atom. The summed E-state index contributed by atoms with van der Waals surface area (Å²) in [5.74, 6) is 0. The monoisotopic (exact) mass is 262 g/mol. The van der Waals surface area contributed by atoms with Gasteiger partial charge in [-0.1, -0.05) is 0 Å². The molecule has 0 amide bonds. The summed E-state index contributed by atoms with van der Waals surface area (Å²) in [5, 5.41) is 3.34. The molecule has 2 heterocycles. The van der Waals surface area contributed by atoms with Crippen LogP contribution in [0.4, 0.5) is 0 Å². The highest BCUT2D eigenvalue weighted by molar-refractivity contribution is 7.88. The molecule has 1 atom stereocenters. The molecule has 6 heteroatoms. The molecule has 0 aromatic rings. The predicted octanol–water partition coefficient (Wildman–Crippen LogP) is 0.0365. The fraction of sp³-hybridized carbons (Fsp3) is 1.00. The van der Waals surface area contributed by atoms with E-state index in [2.05, 4.69) is 5.32 Å². The average molecular weight is 262 g/mol. The van der Waals surface area contributed by atoms with Gasteiger partial charge in [-0.15, -0.1) is 0 Å². The van der Waals surface area contributed by atoms with Crippen molar-refractivity contribution in [1.82, 2.24) is 9.62 Å². The van der Waals surface area contributed by atoms with Crippen LogP contribution in [0, 0.1) is 5.41 Å². The lowest BCUT2D eigenvalue weighted by molar-refractivity contribution is 0.146. The summed E-state index contributed by atoms with van der Waals surface area (Å²) >= 11 is 0. The van der Waals surface area contributed by atoms with E-state index in [4.69, 9.17) is 4.74 Å². The first-order chi connectivity index (χ1) is 7.97. The van der Waals surface area contributed by atoms with E-state index in [9.17, 15) is 8.42 Å². The van der Waals surface area contributed by atoms with Crippen molar-refractivity contribution in [3.05, 3.63) is 0 Å². The van der Waals surface area contributed by atoms with E-state index in [-0.39, 0.29) is 11.5 Å². The van der Waals surface area contributed by atoms with Crippen LogP contribution in [0.15, 0.2) is 0 Å². The summed E-state index contributed by atoms with van der Waals surface area (Å²) in [7, 11) is -1.48. The fourth-order valence-electron chi connectivity index (χ4n) is 3.17. The molecule has 100 valence electrons. The predicted molar refractivity (Wildman–Crippen MR) is 66.4 cm³/mol. The summed E-state index contributed by atoms with van der Waals surface area (Å²) in [5.41, 5.74) is 0.178. The molecule has 0 unspecified atom stereocenters. The van der Waals surface area contributed by atoms with Gasteiger partial charge in [-0.05, 0) is 37.8 Å². The fourth-order valence-corrected chi connectivity index (χ4v) is 4.35. The molecule has 2 rings (SSSR count). The molecule has 2 saturated heterocycles. The van der Waals surface area contributed by atoms with Crippen molar-refractivity contribution < 1.29 is 13.2 Å². The van der Waals surface area contributed by atoms with Gasteiger partial charge in [0.25, 0.3) is 0 Å². The molecule has 0 bridgehead atoms. The Bertz CT molecular complexity index is 363. The summed E-state index contributed by atoms with van der Waals surface area (Å²) in [6, 6.07) is 0.0214. The normalized spacial score (nSPS) is 29.9. The van der Waals surface area contributed by atoms with Gasteiger partial charge >= 0.3 is 0 Å². The number of nitrogens with zero attached hydrogens (tertiary/aromatic N) is 1. The first kappa shape index (κ1) is 13.3. The highest BCUT2D eigenvalue weighted by Gasteiger charge is 2.47. The first-order valence-corrected chi connectivity index (χ1v) is 7.98. The van der Waals surface area contributed by atoms with Crippen LogP contribution >= 0.6 is 0 Å². The quantitative estimate of drug-likeness (QED) is 0.780. The Hall–Kier alpha value is -0.170. The van der Waals surface area contributed by atoms with E-state index in [0.29, 0.717) is 13.2 Å². The topological polar surface area (TPSA) is 58.6 Å². The molecule has 0 radical (unpaired) electrons. The summed E-state index contributed by atoms with van der Waals surface area (Å²) < 4.78 is 30.4. The van der Waals surface area contributed by atoms with Crippen molar-refractivity contribution >= 4 is 10.0 Å². The number of nitrogens with one attached hydrogen (secondary N) is 1. The number of piperidine rings is 1. The molecule has 0 saturated carbocycles. The van der Waals surface area contributed by atoms with Crippen LogP contribution in [0.5, 0.6) is 0 Å². The van der Waals surface area contributed by atoms with Gasteiger partial charge in [0, 0.05) is 19.7 Å². The maximum absolute atomic E-state index is 11.8. The van der Waals surface area contributed by atoms with Crippen molar-refractivity contribution in [1.29, 1.82) is 0 Å². The molecule has 0 aromatic heterocycles. The molecule has 0 aromatic carbocycles. The number of hydrogen-bond acceptors (Lipinski definition) is 4. The van der Waals surface area contributed by atoms with Gasteiger partial charge in [-0.3, -0.25) is 0 Å². The van der Waals surface area contributed by atoms with Gasteiger partial charge in [0.2, 0.25) is 10.0 Å². The van der Waals surface area contributed by atoms with Gasteiger partial charge in [0.05, 0.1) is 12.9 Å². The minimum absolute atomic E-state index is 0.0214. The average Bonchev–Trinajstić information content (AvgIpc) is 2.58. The molecule has 1 spiro atoms. The van der Waals surface area contributed by atoms with Crippen LogP contribution in [0.3, 0.4) is 0 Å². The molecular weight excluding hydrogens is 240 g/mol. The van der Waals surface area contributed by atoms with Crippen LogP contribution in [0.1, 0.15) is 19.3 Å². The third-order valence-electron chi connectivity index (χ3n) is 4.02. The van der Waals surface area contributed by atoms with Gasteiger partial charge in [-0.25, -0.2) is 8.42 Å². The molecule has 2 fully saturated rings. The second-order valence-electron chi connectivity index (χ2n) is 5.37. The standard InChI is InChI=1S/C11H22N2O3S/c1-16-8-10-7-11(3-5-12-6-4-11)9-13(10)17(2,14)15/h10,12H,3-9H2,1-2H3/t10-/m0/s1. The van der Waals surface area contributed by atoms with Crippen LogP contribution in [0.2, 0.25) is 0 Å². The molecule has 1 N–H and O–H groups in total. The van der Waals surface area contributed by atoms with E-state index in [1.807, 2.05) is 0 Å². The Balaban J connectivity index is 2.16. The maximum atomic E-state index is 11.8. The number of methoxy groups -OCH3 is 1. The second kappa shape index (κ2) is 4.84. The van der Waals surface area contributed by atoms with Crippen molar-refractivity contribution in [2.24, 2.45) is 5.41 Å². The largest absolute Gasteiger partial charge is 0.383 e. The van der Waals surface area contributed by atoms with Crippen molar-refractivity contribution in [2.75, 3.05) is 39.6 Å². The minimum atomic E-state index is -3.12. The van der Waals surface area contributed by atoms with E-state index in [1.54, 1.807) is 11.4 Å². The Morgan fingerprint density at radius 3 is 2.59 bits per heavy atom. The van der Waals surface area contributed by atoms with Crippen LogP contribution in [-0.4, -0.2) is 58.4 Å². The van der Waals surface area contributed by atoms with Crippen molar-refractivity contribution in [3.63, 3.8) is 0 Å². The lowest BCUT2D eigenvalue weighted by Gasteiger charge is -2.33. The summed E-state index contributed by atoms with van der Waals surface area (Å²) in [6.07, 6.45) is 4.38. The zero-order valence-electron chi connectivity index (χ0n) is 10.6. The van der Waals surface area contributed by atoms with Gasteiger partial charge in [-0.2, -0.15) is 4.31 Å². The molecule has 17 heavy (non-hydrogen) atoms. The Labute approximate surface area is 104 Å². The zero-order chi connectivity index (χ0) is 12.5. The lowest BCUT2D eigenvalue weighted by Crippen LogP contribution is -2.40. The van der Waals surface area contributed by atoms with E-state index in [0.717, 1.165) is 32.4 Å². The van der Waals surface area contributed by atoms with Gasteiger partial charge < -0.3 is 10.1 Å². The summed E-state index contributed by atoms with van der Waals surface area (Å²) in [6.45, 7) is 3.17. The zero-order valence-corrected chi connectivity index (χ0v) is 11.4. The number of rotatable bonds is 3. The molecular formula is C11H22N2O3S. The van der Waals surface area contributed by atoms with Crippen molar-refractivity contribution in [3.8, 4) is 0 Å². The Kier molecular flexibility index (Phi) is 3.77. The third kappa shape index (κ3) is 2.81. The smallest absolute Gasteiger partial charge is 0.211 e. The SMILES string of the molecule is COC[C@@H]1CC2(CCNCC2)CN1S(C)(=O)=O. The third-order valence-corrected chi connectivity index (χ3v) is 5.30. The number of ether oxygens (including phenoxy) is 1. The maximum Gasteiger partial charge on any atom is 0.211 e. The van der Waals surface area contributed by atoms with E-state index < -0.39 is 10.0 Å². The van der Waals surface area contributed by atoms with Crippen molar-refractivity contribution in [2.45, 2.75) is 25.3 Å². The minimum Gasteiger partial charge on any atom is -0.383 e. The van der Waals surface area contributed by atoms with Gasteiger partial charge in [0.15, 0.2) is 0 Å². The highest BCUT2D eigenvalue weighted by Crippen LogP contribution is 2.42. The van der Waals surface area contributed by atoms with E-state index >= 15 is 0 Å². The molecule has 2 aliphatic heterocycles. The molecule has 0 aliphatic carbocycles.